The van der Waals surface area contributed by atoms with Crippen molar-refractivity contribution in [1.82, 2.24) is 30.4 Å². The maximum absolute atomic E-state index is 14.4. The number of nitrogens with one attached hydrogen (secondary N) is 4. The third-order valence-electron chi connectivity index (χ3n) is 19.4. The number of H-pyrrole nitrogens is 2. The van der Waals surface area contributed by atoms with Gasteiger partial charge >= 0.3 is 0 Å². The number of aromatic amines is 2. The average Bonchev–Trinajstić information content (AvgIpc) is 1.50. The van der Waals surface area contributed by atoms with Gasteiger partial charge in [-0.1, -0.05) is 60.7 Å². The fraction of sp³-hybridized carbons (Fsp3) is 0.361. The lowest BCUT2D eigenvalue weighted by atomic mass is 9.74. The van der Waals surface area contributed by atoms with E-state index in [0.29, 0.717) is 59.2 Å². The Balaban J connectivity index is 0.000000148. The van der Waals surface area contributed by atoms with Crippen LogP contribution in [0.2, 0.25) is 0 Å². The molecule has 4 N–H and O–H groups in total. The third kappa shape index (κ3) is 9.94. The summed E-state index contributed by atoms with van der Waals surface area (Å²) in [4.78, 5) is 49.0. The van der Waals surface area contributed by atoms with Crippen molar-refractivity contribution in [3.8, 4) is 23.0 Å². The summed E-state index contributed by atoms with van der Waals surface area (Å²) in [6.07, 6.45) is 11.3. The van der Waals surface area contributed by atoms with Crippen molar-refractivity contribution in [2.75, 3.05) is 125 Å². The van der Waals surface area contributed by atoms with Crippen LogP contribution in [0.25, 0.3) is 0 Å². The van der Waals surface area contributed by atoms with Gasteiger partial charge in [0.05, 0.1) is 26.4 Å². The molecular weight excluding hydrogens is 1100 g/mol. The maximum atomic E-state index is 14.4. The smallest absolute Gasteiger partial charge is 0.255 e. The van der Waals surface area contributed by atoms with Gasteiger partial charge in [-0.3, -0.25) is 9.59 Å². The Morgan fingerprint density at radius 3 is 1.09 bits per heavy atom. The predicted octanol–water partition coefficient (Wildman–Crippen LogP) is 11.0. The first-order chi connectivity index (χ1) is 43.5. The molecule has 0 unspecified atom stereocenters. The van der Waals surface area contributed by atoms with Gasteiger partial charge in [0, 0.05) is 196 Å². The average molecular weight is 1180 g/mol. The van der Waals surface area contributed by atoms with Crippen LogP contribution >= 0.6 is 0 Å². The van der Waals surface area contributed by atoms with Crippen LogP contribution < -0.4 is 39.7 Å². The summed E-state index contributed by atoms with van der Waals surface area (Å²) in [5.41, 5.74) is 12.9. The van der Waals surface area contributed by atoms with Crippen molar-refractivity contribution in [3.63, 3.8) is 0 Å². The second kappa shape index (κ2) is 24.2. The lowest BCUT2D eigenvalue weighted by Crippen LogP contribution is -2.49. The van der Waals surface area contributed by atoms with E-state index >= 15 is 0 Å². The number of anilines is 4. The Morgan fingerprint density at radius 1 is 0.386 bits per heavy atom. The molecule has 8 aromatic rings. The molecule has 16 heteroatoms. The minimum Gasteiger partial charge on any atom is -0.456 e. The maximum Gasteiger partial charge on any atom is 0.255 e. The van der Waals surface area contributed by atoms with Crippen LogP contribution in [0.1, 0.15) is 104 Å². The normalized spacial score (nSPS) is 18.6. The van der Waals surface area contributed by atoms with Gasteiger partial charge in [-0.05, 0) is 110 Å². The quantitative estimate of drug-likeness (QED) is 0.0769. The number of nitrogens with zero attached hydrogens (tertiary/aromatic N) is 6. The molecule has 4 saturated heterocycles. The zero-order valence-electron chi connectivity index (χ0n) is 50.1. The Bertz CT molecular complexity index is 3420. The standard InChI is InChI=1S/C37H41N5O2.C35H37N5O4/c43-36-30-11-3-4-12-31(30)37(42(36)23-18-38-26-27-10-9-17-39-27)32-15-13-28(40-19-5-1-6-20-40)24-34(32)44-35-25-29(14-16-33(35)37)41-21-7-2-8-22-41;41-34-28-5-1-2-6-29(28)35(40(34)13-12-36-24-25-4-3-11-37-25)30-9-7-26(38-14-18-42-19-15-38)22-32(30)44-33-23-27(8-10-31(33)35)39-16-20-43-21-17-39/h3-4,9-17,24-25,38-39H,1-2,5-8,18-23,26H2;1-11,22-23,36-37H,12-21,24H2. The molecule has 0 bridgehead atoms. The van der Waals surface area contributed by atoms with Gasteiger partial charge in [0.25, 0.3) is 11.8 Å². The highest BCUT2D eigenvalue weighted by atomic mass is 16.5. The van der Waals surface area contributed by atoms with E-state index in [2.05, 4.69) is 153 Å². The van der Waals surface area contributed by atoms with Crippen molar-refractivity contribution in [3.05, 3.63) is 214 Å². The second-order valence-electron chi connectivity index (χ2n) is 24.4. The van der Waals surface area contributed by atoms with Gasteiger partial charge in [0.1, 0.15) is 34.1 Å². The molecule has 6 aromatic carbocycles. The highest BCUT2D eigenvalue weighted by Crippen LogP contribution is 2.60. The van der Waals surface area contributed by atoms with E-state index < -0.39 is 11.1 Å². The molecule has 0 aliphatic carbocycles. The first-order valence-electron chi connectivity index (χ1n) is 32.0. The molecule has 452 valence electrons. The van der Waals surface area contributed by atoms with E-state index in [-0.39, 0.29) is 11.8 Å². The monoisotopic (exact) mass is 1180 g/mol. The summed E-state index contributed by atoms with van der Waals surface area (Å²) in [5, 5.41) is 7.11. The molecule has 4 fully saturated rings. The molecule has 0 radical (unpaired) electrons. The number of hydrogen-bond acceptors (Lipinski definition) is 12. The molecule has 10 heterocycles. The highest BCUT2D eigenvalue weighted by molar-refractivity contribution is 6.03. The number of rotatable bonds is 14. The first-order valence-corrected chi connectivity index (χ1v) is 32.0. The number of morpholine rings is 2. The Morgan fingerprint density at radius 2 is 0.739 bits per heavy atom. The van der Waals surface area contributed by atoms with Crippen molar-refractivity contribution in [2.45, 2.75) is 62.7 Å². The number of aromatic nitrogens is 2. The zero-order chi connectivity index (χ0) is 59.0. The lowest BCUT2D eigenvalue weighted by molar-refractivity contribution is 0.0659. The fourth-order valence-electron chi connectivity index (χ4n) is 15.2. The van der Waals surface area contributed by atoms with Gasteiger partial charge in [-0.2, -0.15) is 0 Å². The minimum atomic E-state index is -0.822. The number of carbonyl (C=O) groups is 2. The number of carbonyl (C=O) groups excluding carboxylic acids is 2. The number of fused-ring (bicyclic) bond motifs is 12. The van der Waals surface area contributed by atoms with Crippen LogP contribution in [-0.2, 0) is 33.6 Å². The van der Waals surface area contributed by atoms with Gasteiger partial charge in [-0.15, -0.1) is 0 Å². The van der Waals surface area contributed by atoms with Crippen molar-refractivity contribution < 1.29 is 28.5 Å². The van der Waals surface area contributed by atoms with Crippen LogP contribution in [0, 0.1) is 0 Å². The Kier molecular flexibility index (Phi) is 15.4. The van der Waals surface area contributed by atoms with Gasteiger partial charge in [0.15, 0.2) is 0 Å². The molecule has 2 amide bonds. The first kappa shape index (κ1) is 56.0. The summed E-state index contributed by atoms with van der Waals surface area (Å²) in [6.45, 7) is 14.3. The number of ether oxygens (including phenoxy) is 4. The molecule has 16 nitrogen and oxygen atoms in total. The Labute approximate surface area is 515 Å². The molecule has 0 atom stereocenters. The topological polar surface area (TPSA) is 146 Å². The summed E-state index contributed by atoms with van der Waals surface area (Å²) < 4.78 is 25.0. The molecule has 8 aliphatic heterocycles. The van der Waals surface area contributed by atoms with Crippen molar-refractivity contribution >= 4 is 34.6 Å². The van der Waals surface area contributed by atoms with Crippen LogP contribution in [0.5, 0.6) is 23.0 Å². The third-order valence-corrected chi connectivity index (χ3v) is 19.4. The lowest BCUT2D eigenvalue weighted by Gasteiger charge is -2.45. The van der Waals surface area contributed by atoms with Crippen molar-refractivity contribution in [1.29, 1.82) is 0 Å². The van der Waals surface area contributed by atoms with Crippen LogP contribution in [0.4, 0.5) is 22.7 Å². The zero-order valence-corrected chi connectivity index (χ0v) is 50.1. The fourth-order valence-corrected chi connectivity index (χ4v) is 15.2. The van der Waals surface area contributed by atoms with E-state index in [1.54, 1.807) is 0 Å². The largest absolute Gasteiger partial charge is 0.456 e. The molecule has 16 rings (SSSR count). The van der Waals surface area contributed by atoms with Gasteiger partial charge in [-0.25, -0.2) is 0 Å². The van der Waals surface area contributed by atoms with Crippen molar-refractivity contribution in [2.24, 2.45) is 0 Å². The molecule has 2 aromatic heterocycles. The number of benzene rings is 6. The van der Waals surface area contributed by atoms with E-state index in [4.69, 9.17) is 18.9 Å². The van der Waals surface area contributed by atoms with Crippen LogP contribution in [0.3, 0.4) is 0 Å². The van der Waals surface area contributed by atoms with Gasteiger partial charge in [0.2, 0.25) is 0 Å². The molecule has 2 spiro atoms. The predicted molar refractivity (Wildman–Crippen MR) is 344 cm³/mol. The molecule has 8 aliphatic rings. The van der Waals surface area contributed by atoms with Crippen LogP contribution in [0.15, 0.2) is 158 Å². The van der Waals surface area contributed by atoms with E-state index in [1.807, 2.05) is 54.9 Å². The summed E-state index contributed by atoms with van der Waals surface area (Å²) >= 11 is 0. The summed E-state index contributed by atoms with van der Waals surface area (Å²) in [6, 6.07) is 50.8. The molecular formula is C72H78N10O6. The highest BCUT2D eigenvalue weighted by Gasteiger charge is 2.58. The second-order valence-corrected chi connectivity index (χ2v) is 24.4. The molecule has 0 saturated carbocycles. The van der Waals surface area contributed by atoms with Crippen LogP contribution in [-0.4, -0.2) is 137 Å². The molecule has 88 heavy (non-hydrogen) atoms. The number of piperidine rings is 2. The number of amides is 2. The summed E-state index contributed by atoms with van der Waals surface area (Å²) in [5.74, 6) is 3.39. The minimum absolute atomic E-state index is 0.0376. The SMILES string of the molecule is O=C1c2ccccc2C2(c3ccc(N4CCCCC4)cc3Oc3cc(N4CCCCC4)ccc32)N1CCNCc1ccc[nH]1.O=C1c2ccccc2C2(c3ccc(N4CCOCC4)cc3Oc3cc(N4CCOCC4)ccc32)N1CCNCc1ccc[nH]1. The number of hydrogen-bond donors (Lipinski definition) is 4. The van der Waals surface area contributed by atoms with Gasteiger partial charge < -0.3 is 68.9 Å². The Hall–Kier alpha value is -8.54. The van der Waals surface area contributed by atoms with E-state index in [9.17, 15) is 9.59 Å². The summed E-state index contributed by atoms with van der Waals surface area (Å²) in [7, 11) is 0. The van der Waals surface area contributed by atoms with E-state index in [0.717, 1.165) is 149 Å². The van der Waals surface area contributed by atoms with E-state index in [1.165, 1.54) is 49.9 Å².